The SMILES string of the molecule is Cc1ccc(C(NN)c2ccc3ccccc3c2)c(Br)c1. The average molecular weight is 341 g/mol. The van der Waals surface area contributed by atoms with Gasteiger partial charge >= 0.3 is 0 Å². The molecular weight excluding hydrogens is 324 g/mol. The minimum Gasteiger partial charge on any atom is -0.271 e. The van der Waals surface area contributed by atoms with E-state index in [9.17, 15) is 0 Å². The Morgan fingerprint density at radius 2 is 1.71 bits per heavy atom. The molecule has 0 spiro atoms. The molecule has 3 aromatic rings. The topological polar surface area (TPSA) is 38.0 Å². The van der Waals surface area contributed by atoms with E-state index in [1.807, 2.05) is 0 Å². The Morgan fingerprint density at radius 3 is 2.43 bits per heavy atom. The van der Waals surface area contributed by atoms with Gasteiger partial charge in [-0.25, -0.2) is 5.43 Å². The molecule has 0 bridgehead atoms. The van der Waals surface area contributed by atoms with Crippen molar-refractivity contribution in [2.75, 3.05) is 0 Å². The third-order valence-electron chi connectivity index (χ3n) is 3.74. The number of aryl methyl sites for hydroxylation is 1. The predicted octanol–water partition coefficient (Wildman–Crippen LogP) is 4.46. The van der Waals surface area contributed by atoms with Crippen LogP contribution in [0, 0.1) is 6.92 Å². The lowest BCUT2D eigenvalue weighted by atomic mass is 9.96. The average Bonchev–Trinajstić information content (AvgIpc) is 2.50. The van der Waals surface area contributed by atoms with Crippen molar-refractivity contribution >= 4 is 26.7 Å². The van der Waals surface area contributed by atoms with Crippen LogP contribution in [0.2, 0.25) is 0 Å². The van der Waals surface area contributed by atoms with Crippen molar-refractivity contribution in [2.24, 2.45) is 5.84 Å². The summed E-state index contributed by atoms with van der Waals surface area (Å²) in [6, 6.07) is 21.1. The highest BCUT2D eigenvalue weighted by Crippen LogP contribution is 2.30. The largest absolute Gasteiger partial charge is 0.271 e. The Kier molecular flexibility index (Phi) is 4.06. The van der Waals surface area contributed by atoms with Crippen molar-refractivity contribution in [1.29, 1.82) is 0 Å². The van der Waals surface area contributed by atoms with Crippen LogP contribution in [0.15, 0.2) is 65.1 Å². The summed E-state index contributed by atoms with van der Waals surface area (Å²) >= 11 is 3.64. The van der Waals surface area contributed by atoms with Crippen molar-refractivity contribution in [3.05, 3.63) is 81.8 Å². The van der Waals surface area contributed by atoms with Gasteiger partial charge in [0, 0.05) is 4.47 Å². The lowest BCUT2D eigenvalue weighted by molar-refractivity contribution is 0.635. The second-order valence-electron chi connectivity index (χ2n) is 5.23. The molecule has 1 unspecified atom stereocenters. The summed E-state index contributed by atoms with van der Waals surface area (Å²) < 4.78 is 1.07. The first-order valence-corrected chi connectivity index (χ1v) is 7.69. The van der Waals surface area contributed by atoms with Crippen LogP contribution in [-0.2, 0) is 0 Å². The molecule has 0 heterocycles. The molecule has 3 heteroatoms. The Bertz CT molecular complexity index is 783. The number of benzene rings is 3. The van der Waals surface area contributed by atoms with E-state index in [0.717, 1.165) is 15.6 Å². The van der Waals surface area contributed by atoms with Gasteiger partial charge in [-0.2, -0.15) is 0 Å². The second kappa shape index (κ2) is 5.98. The van der Waals surface area contributed by atoms with Crippen molar-refractivity contribution in [3.63, 3.8) is 0 Å². The zero-order chi connectivity index (χ0) is 14.8. The van der Waals surface area contributed by atoms with Crippen molar-refractivity contribution in [2.45, 2.75) is 13.0 Å². The number of fused-ring (bicyclic) bond motifs is 1. The van der Waals surface area contributed by atoms with E-state index >= 15 is 0 Å². The highest BCUT2D eigenvalue weighted by atomic mass is 79.9. The number of hydrogen-bond acceptors (Lipinski definition) is 2. The molecule has 21 heavy (non-hydrogen) atoms. The predicted molar refractivity (Wildman–Crippen MR) is 92.0 cm³/mol. The summed E-state index contributed by atoms with van der Waals surface area (Å²) in [5.74, 6) is 5.82. The molecule has 0 aliphatic carbocycles. The van der Waals surface area contributed by atoms with Crippen LogP contribution in [-0.4, -0.2) is 0 Å². The first kappa shape index (κ1) is 14.3. The molecule has 3 N–H and O–H groups in total. The molecule has 3 aromatic carbocycles. The van der Waals surface area contributed by atoms with Crippen molar-refractivity contribution in [3.8, 4) is 0 Å². The zero-order valence-corrected chi connectivity index (χ0v) is 13.4. The fourth-order valence-electron chi connectivity index (χ4n) is 2.62. The minimum absolute atomic E-state index is 0.0374. The summed E-state index contributed by atoms with van der Waals surface area (Å²) in [7, 11) is 0. The first-order chi connectivity index (χ1) is 10.2. The van der Waals surface area contributed by atoms with Crippen molar-refractivity contribution < 1.29 is 0 Å². The van der Waals surface area contributed by atoms with Gasteiger partial charge < -0.3 is 0 Å². The van der Waals surface area contributed by atoms with Crippen LogP contribution < -0.4 is 11.3 Å². The third kappa shape index (κ3) is 2.86. The Hall–Kier alpha value is -1.68. The van der Waals surface area contributed by atoms with E-state index in [-0.39, 0.29) is 6.04 Å². The lowest BCUT2D eigenvalue weighted by Gasteiger charge is -2.19. The summed E-state index contributed by atoms with van der Waals surface area (Å²) in [6.07, 6.45) is 0. The van der Waals surface area contributed by atoms with Crippen LogP contribution in [0.1, 0.15) is 22.7 Å². The van der Waals surface area contributed by atoms with Gasteiger partial charge in [-0.3, -0.25) is 5.84 Å². The maximum Gasteiger partial charge on any atom is 0.0721 e. The highest BCUT2D eigenvalue weighted by Gasteiger charge is 2.15. The van der Waals surface area contributed by atoms with Crippen LogP contribution in [0.3, 0.4) is 0 Å². The summed E-state index contributed by atoms with van der Waals surface area (Å²) in [5.41, 5.74) is 6.44. The van der Waals surface area contributed by atoms with E-state index in [1.54, 1.807) is 0 Å². The number of halogens is 1. The van der Waals surface area contributed by atoms with Gasteiger partial charge in [-0.15, -0.1) is 0 Å². The Balaban J connectivity index is 2.09. The zero-order valence-electron chi connectivity index (χ0n) is 11.8. The molecule has 0 aromatic heterocycles. The first-order valence-electron chi connectivity index (χ1n) is 6.90. The number of nitrogens with one attached hydrogen (secondary N) is 1. The molecule has 106 valence electrons. The molecule has 1 atom stereocenters. The van der Waals surface area contributed by atoms with Crippen LogP contribution in [0.4, 0.5) is 0 Å². The van der Waals surface area contributed by atoms with Crippen LogP contribution in [0.25, 0.3) is 10.8 Å². The van der Waals surface area contributed by atoms with Gasteiger partial charge in [0.1, 0.15) is 0 Å². The molecule has 0 radical (unpaired) electrons. The molecule has 0 fully saturated rings. The van der Waals surface area contributed by atoms with E-state index in [1.165, 1.54) is 16.3 Å². The number of hydrogen-bond donors (Lipinski definition) is 2. The number of nitrogens with two attached hydrogens (primary N) is 1. The van der Waals surface area contributed by atoms with E-state index in [4.69, 9.17) is 5.84 Å². The normalized spacial score (nSPS) is 12.5. The molecule has 0 saturated heterocycles. The quantitative estimate of drug-likeness (QED) is 0.545. The molecule has 2 nitrogen and oxygen atoms in total. The maximum atomic E-state index is 5.82. The number of hydrazine groups is 1. The van der Waals surface area contributed by atoms with Crippen LogP contribution >= 0.6 is 15.9 Å². The van der Waals surface area contributed by atoms with Gasteiger partial charge in [0.2, 0.25) is 0 Å². The minimum atomic E-state index is -0.0374. The van der Waals surface area contributed by atoms with E-state index in [2.05, 4.69) is 88.9 Å². The van der Waals surface area contributed by atoms with Gasteiger partial charge in [0.15, 0.2) is 0 Å². The van der Waals surface area contributed by atoms with Gasteiger partial charge in [0.25, 0.3) is 0 Å². The Labute approximate surface area is 133 Å². The number of rotatable bonds is 3. The fourth-order valence-corrected chi connectivity index (χ4v) is 3.34. The molecule has 0 aliphatic rings. The third-order valence-corrected chi connectivity index (χ3v) is 4.43. The van der Waals surface area contributed by atoms with Gasteiger partial charge in [0.05, 0.1) is 6.04 Å². The van der Waals surface area contributed by atoms with Crippen molar-refractivity contribution in [1.82, 2.24) is 5.43 Å². The van der Waals surface area contributed by atoms with Gasteiger partial charge in [-0.1, -0.05) is 64.5 Å². The summed E-state index contributed by atoms with van der Waals surface area (Å²) in [5, 5.41) is 2.46. The molecule has 0 saturated carbocycles. The van der Waals surface area contributed by atoms with E-state index < -0.39 is 0 Å². The van der Waals surface area contributed by atoms with Gasteiger partial charge in [-0.05, 0) is 46.5 Å². The summed E-state index contributed by atoms with van der Waals surface area (Å²) in [4.78, 5) is 0. The lowest BCUT2D eigenvalue weighted by Crippen LogP contribution is -2.29. The second-order valence-corrected chi connectivity index (χ2v) is 6.09. The standard InChI is InChI=1S/C18H17BrN2/c1-12-6-9-16(17(19)10-12)18(21-20)15-8-7-13-4-2-3-5-14(13)11-15/h2-11,18,21H,20H2,1H3. The highest BCUT2D eigenvalue weighted by molar-refractivity contribution is 9.10. The maximum absolute atomic E-state index is 5.82. The molecule has 0 amide bonds. The fraction of sp³-hybridized carbons (Fsp3) is 0.111. The van der Waals surface area contributed by atoms with Crippen LogP contribution in [0.5, 0.6) is 0 Å². The molecule has 0 aliphatic heterocycles. The monoisotopic (exact) mass is 340 g/mol. The molecule has 3 rings (SSSR count). The molecular formula is C18H17BrN2. The summed E-state index contributed by atoms with van der Waals surface area (Å²) in [6.45, 7) is 2.08. The Morgan fingerprint density at radius 1 is 0.952 bits per heavy atom. The smallest absolute Gasteiger partial charge is 0.0721 e. The van der Waals surface area contributed by atoms with E-state index in [0.29, 0.717) is 0 Å².